The first-order valence-electron chi connectivity index (χ1n) is 20.1. The zero-order valence-corrected chi connectivity index (χ0v) is 33.6. The molecule has 0 saturated carbocycles. The number of aromatic hydroxyl groups is 1. The van der Waals surface area contributed by atoms with E-state index in [0.717, 1.165) is 0 Å². The smallest absolute Gasteiger partial charge is 0.322 e. The number of carboxylic acid groups (broad SMARTS) is 1. The summed E-state index contributed by atoms with van der Waals surface area (Å²) < 4.78 is 6.69. The Morgan fingerprint density at radius 1 is 0.855 bits per heavy atom. The third-order valence-corrected chi connectivity index (χ3v) is 11.8. The van der Waals surface area contributed by atoms with Crippen LogP contribution in [-0.2, 0) is 55.0 Å². The quantitative estimate of drug-likeness (QED) is 0.120. The molecule has 1 unspecified atom stereocenters. The van der Waals surface area contributed by atoms with Gasteiger partial charge in [0, 0.05) is 12.0 Å². The maximum atomic E-state index is 14.1. The van der Waals surface area contributed by atoms with Gasteiger partial charge < -0.3 is 67.9 Å². The van der Waals surface area contributed by atoms with Crippen molar-refractivity contribution in [3.05, 3.63) is 52.6 Å². The summed E-state index contributed by atoms with van der Waals surface area (Å²) in [5, 5.41) is 55.4. The van der Waals surface area contributed by atoms with Crippen LogP contribution in [0.15, 0.2) is 30.3 Å². The van der Waals surface area contributed by atoms with Crippen LogP contribution >= 0.6 is 0 Å². The molecule has 62 heavy (non-hydrogen) atoms. The molecule has 0 aromatic heterocycles. The molecule has 22 heteroatoms. The summed E-state index contributed by atoms with van der Waals surface area (Å²) >= 11 is 0. The molecule has 330 valence electrons. The fraction of sp³-hybridized carbons (Fsp3) is 0.475. The second-order valence-electron chi connectivity index (χ2n) is 16.2. The number of aliphatic hydroxyl groups is 1. The molecule has 0 radical (unpaired) electrons. The Hall–Kier alpha value is -6.97. The fourth-order valence-electron chi connectivity index (χ4n) is 8.73. The van der Waals surface area contributed by atoms with Crippen molar-refractivity contribution >= 4 is 58.9 Å². The van der Waals surface area contributed by atoms with E-state index in [1.807, 2.05) is 6.92 Å². The number of phenolic OH excluding ortho intramolecular Hbond substituents is 1. The Bertz CT molecular complexity index is 2250. The van der Waals surface area contributed by atoms with Gasteiger partial charge >= 0.3 is 5.97 Å². The molecule has 5 heterocycles. The summed E-state index contributed by atoms with van der Waals surface area (Å²) in [5.74, 6) is -7.79. The van der Waals surface area contributed by atoms with Gasteiger partial charge in [0.2, 0.25) is 47.3 Å². The number of aliphatic hydroxyl groups excluding tert-OH is 1. The van der Waals surface area contributed by atoms with Gasteiger partial charge in [-0.25, -0.2) is 0 Å². The van der Waals surface area contributed by atoms with Crippen molar-refractivity contribution in [1.82, 2.24) is 42.5 Å². The minimum atomic E-state index is -1.81. The average molecular weight is 862 g/mol. The molecular formula is C40H47N9O13. The van der Waals surface area contributed by atoms with Crippen LogP contribution in [0.1, 0.15) is 67.9 Å². The van der Waals surface area contributed by atoms with Crippen LogP contribution in [-0.4, -0.2) is 125 Å². The van der Waals surface area contributed by atoms with Crippen molar-refractivity contribution in [2.75, 3.05) is 25.0 Å². The highest BCUT2D eigenvalue weighted by atomic mass is 16.5. The number of rotatable bonds is 7. The molecule has 0 aliphatic carbocycles. The molecule has 5 aliphatic heterocycles. The Kier molecular flexibility index (Phi) is 12.0. The SMILES string of the molecule is C[C@H]1Cc2cc3cc4c2O[C@H]2Nc5c(O)cccc5[C@@]42C[C@@H](C(=O)NCC(=O)NCC(=O)O)NC(=O)[C@H](C)NC(=O)CNC(=O)[C@@H](NC(=O)[C@@H](NC(=O)C2CCC(=O)N2)C1)[C@@H]3O. The van der Waals surface area contributed by atoms with E-state index in [4.69, 9.17) is 9.84 Å². The van der Waals surface area contributed by atoms with Crippen molar-refractivity contribution in [1.29, 1.82) is 0 Å². The molecule has 12 N–H and O–H groups in total. The zero-order valence-electron chi connectivity index (χ0n) is 33.6. The highest BCUT2D eigenvalue weighted by Crippen LogP contribution is 2.59. The predicted octanol–water partition coefficient (Wildman–Crippen LogP) is -3.49. The summed E-state index contributed by atoms with van der Waals surface area (Å²) in [5.41, 5.74) is 0.128. The number of phenols is 1. The lowest BCUT2D eigenvalue weighted by Crippen LogP contribution is -2.59. The normalized spacial score (nSPS) is 29.2. The van der Waals surface area contributed by atoms with Crippen molar-refractivity contribution in [2.45, 2.75) is 93.9 Å². The number of fused-ring (bicyclic) bond motifs is 4. The molecule has 4 bridgehead atoms. The summed E-state index contributed by atoms with van der Waals surface area (Å²) in [6.45, 7) is 1.03. The van der Waals surface area contributed by atoms with E-state index in [1.54, 1.807) is 24.3 Å². The molecule has 8 amide bonds. The minimum Gasteiger partial charge on any atom is -0.506 e. The molecule has 2 aromatic carbocycles. The van der Waals surface area contributed by atoms with Gasteiger partial charge in [-0.2, -0.15) is 0 Å². The average Bonchev–Trinajstić information content (AvgIpc) is 3.89. The zero-order chi connectivity index (χ0) is 44.6. The molecule has 5 aliphatic rings. The first-order valence-corrected chi connectivity index (χ1v) is 20.1. The van der Waals surface area contributed by atoms with E-state index < -0.39 is 121 Å². The Labute approximate surface area is 353 Å². The number of anilines is 1. The summed E-state index contributed by atoms with van der Waals surface area (Å²) in [6, 6.07) is 1.07. The van der Waals surface area contributed by atoms with Gasteiger partial charge in [-0.3, -0.25) is 43.2 Å². The van der Waals surface area contributed by atoms with Crippen molar-refractivity contribution in [2.24, 2.45) is 5.92 Å². The molecule has 1 saturated heterocycles. The maximum Gasteiger partial charge on any atom is 0.322 e. The molecular weight excluding hydrogens is 814 g/mol. The number of carbonyl (C=O) groups is 9. The number of para-hydroxylation sites is 1. The van der Waals surface area contributed by atoms with E-state index in [1.165, 1.54) is 13.0 Å². The van der Waals surface area contributed by atoms with Crippen LogP contribution in [0.2, 0.25) is 0 Å². The number of benzene rings is 2. The number of ether oxygens (including phenoxy) is 1. The van der Waals surface area contributed by atoms with Gasteiger partial charge in [-0.05, 0) is 73.4 Å². The fourth-order valence-corrected chi connectivity index (χ4v) is 8.73. The largest absolute Gasteiger partial charge is 0.506 e. The second-order valence-corrected chi connectivity index (χ2v) is 16.2. The van der Waals surface area contributed by atoms with E-state index in [9.17, 15) is 53.4 Å². The summed E-state index contributed by atoms with van der Waals surface area (Å²) in [6.07, 6.45) is -2.70. The van der Waals surface area contributed by atoms with Crippen molar-refractivity contribution < 1.29 is 63.2 Å². The Morgan fingerprint density at radius 3 is 2.35 bits per heavy atom. The molecule has 22 nitrogen and oxygen atoms in total. The number of hydrogen-bond donors (Lipinski definition) is 12. The topological polar surface area (TPSA) is 332 Å². The monoisotopic (exact) mass is 861 g/mol. The number of hydrogen-bond acceptors (Lipinski definition) is 13. The highest BCUT2D eigenvalue weighted by Gasteiger charge is 2.59. The van der Waals surface area contributed by atoms with Crippen molar-refractivity contribution in [3.8, 4) is 11.5 Å². The molecule has 2 aromatic rings. The number of carboxylic acids is 1. The maximum absolute atomic E-state index is 14.1. The van der Waals surface area contributed by atoms with Gasteiger partial charge in [0.05, 0.1) is 24.2 Å². The van der Waals surface area contributed by atoms with E-state index >= 15 is 0 Å². The molecule has 1 spiro atoms. The van der Waals surface area contributed by atoms with E-state index in [2.05, 4.69) is 47.9 Å². The highest BCUT2D eigenvalue weighted by molar-refractivity contribution is 5.97. The second kappa shape index (κ2) is 17.2. The van der Waals surface area contributed by atoms with Crippen LogP contribution in [0.25, 0.3) is 0 Å². The Morgan fingerprint density at radius 2 is 1.63 bits per heavy atom. The van der Waals surface area contributed by atoms with Gasteiger partial charge in [0.1, 0.15) is 54.4 Å². The van der Waals surface area contributed by atoms with Gasteiger partial charge in [-0.15, -0.1) is 0 Å². The first-order chi connectivity index (χ1) is 29.4. The summed E-state index contributed by atoms with van der Waals surface area (Å²) in [7, 11) is 0. The lowest BCUT2D eigenvalue weighted by molar-refractivity contribution is -0.138. The lowest BCUT2D eigenvalue weighted by atomic mass is 9.70. The standard InChI is InChI=1S/C40H47N9O13/c1-16-8-19-10-18-11-21-33(19)62-39-40(21,20-4-3-5-25(50)30(20)49-39)12-24(35(58)42-13-27(52)41-15-29(54)55)47-34(57)17(2)44-28(53)14-43-38(61)31(32(18)56)48-37(60)23(9-16)46-36(59)22-6-7-26(51)45-22/h3-5,10-11,16-17,22-24,31-32,39,49-50,56H,6-9,12-15H2,1-2H3,(H,41,52)(H,42,58)(H,43,61)(H,44,53)(H,45,51)(H,46,59)(H,47,57)(H,48,60)(H,54,55)/t16-,17-,22?,23-,24-,31-,32+,39+,40-/m0/s1. The van der Waals surface area contributed by atoms with Crippen LogP contribution in [0, 0.1) is 5.92 Å². The van der Waals surface area contributed by atoms with Gasteiger partial charge in [0.15, 0.2) is 6.23 Å². The molecule has 9 atom stereocenters. The lowest BCUT2D eigenvalue weighted by Gasteiger charge is -2.34. The van der Waals surface area contributed by atoms with Crippen LogP contribution in [0.5, 0.6) is 11.5 Å². The summed E-state index contributed by atoms with van der Waals surface area (Å²) in [4.78, 5) is 118. The van der Waals surface area contributed by atoms with Gasteiger partial charge in [0.25, 0.3) is 0 Å². The number of amides is 8. The first kappa shape index (κ1) is 43.1. The number of nitrogens with one attached hydrogen (secondary N) is 9. The van der Waals surface area contributed by atoms with E-state index in [-0.39, 0.29) is 55.0 Å². The van der Waals surface area contributed by atoms with Crippen LogP contribution in [0.3, 0.4) is 0 Å². The number of aliphatic carboxylic acids is 1. The number of carbonyl (C=O) groups excluding carboxylic acids is 8. The Balaban J connectivity index is 1.36. The van der Waals surface area contributed by atoms with Crippen LogP contribution < -0.4 is 52.6 Å². The predicted molar refractivity (Wildman–Crippen MR) is 212 cm³/mol. The minimum absolute atomic E-state index is 0.0137. The van der Waals surface area contributed by atoms with Crippen molar-refractivity contribution in [3.63, 3.8) is 0 Å². The molecule has 7 rings (SSSR count). The molecule has 1 fully saturated rings. The third kappa shape index (κ3) is 8.49. The third-order valence-electron chi connectivity index (χ3n) is 11.8. The van der Waals surface area contributed by atoms with Gasteiger partial charge in [-0.1, -0.05) is 19.1 Å². The van der Waals surface area contributed by atoms with E-state index in [0.29, 0.717) is 22.4 Å². The van der Waals surface area contributed by atoms with Crippen LogP contribution in [0.4, 0.5) is 5.69 Å².